The van der Waals surface area contributed by atoms with Crippen LogP contribution in [0.2, 0.25) is 0 Å². The molecule has 0 radical (unpaired) electrons. The molecule has 0 bridgehead atoms. The van der Waals surface area contributed by atoms with Gasteiger partial charge in [-0.25, -0.2) is 0 Å². The molecule has 0 aromatic rings. The maximum absolute atomic E-state index is 10.5. The number of amides is 1. The maximum atomic E-state index is 10.5. The fourth-order valence-electron chi connectivity index (χ4n) is 1.10. The maximum Gasteiger partial charge on any atom is 0.303 e. The molecule has 1 saturated carbocycles. The van der Waals surface area contributed by atoms with Crippen LogP contribution in [0.25, 0.3) is 0 Å². The zero-order valence-corrected chi connectivity index (χ0v) is 5.78. The number of hydrogen-bond donors (Lipinski definition) is 1. The molecule has 0 heterocycles. The van der Waals surface area contributed by atoms with Gasteiger partial charge in [0.05, 0.1) is 6.04 Å². The third-order valence-electron chi connectivity index (χ3n) is 2.01. The van der Waals surface area contributed by atoms with Gasteiger partial charge in [-0.1, -0.05) is 6.92 Å². The van der Waals surface area contributed by atoms with Crippen LogP contribution in [0.3, 0.4) is 0 Å². The van der Waals surface area contributed by atoms with Crippen LogP contribution in [-0.2, 0) is 4.79 Å². The number of nitroso groups, excluding NO2 is 1. The molecule has 3 atom stereocenters. The lowest BCUT2D eigenvalue weighted by Gasteiger charge is -2.00. The summed E-state index contributed by atoms with van der Waals surface area (Å²) in [7, 11) is 0. The molecule has 0 aromatic heterocycles. The van der Waals surface area contributed by atoms with Gasteiger partial charge in [-0.2, -0.15) is 0 Å². The summed E-state index contributed by atoms with van der Waals surface area (Å²) in [6.07, 6.45) is 0.947. The average molecular weight is 142 g/mol. The van der Waals surface area contributed by atoms with Gasteiger partial charge in [0.25, 0.3) is 0 Å². The molecule has 0 aromatic carbocycles. The third-order valence-corrected chi connectivity index (χ3v) is 2.01. The largest absolute Gasteiger partial charge is 0.319 e. The first-order valence-corrected chi connectivity index (χ1v) is 3.29. The van der Waals surface area contributed by atoms with Crippen molar-refractivity contribution in [1.82, 2.24) is 0 Å². The summed E-state index contributed by atoms with van der Waals surface area (Å²) in [5.74, 6) is -0.0275. The Bertz CT molecular complexity index is 169. The van der Waals surface area contributed by atoms with Crippen molar-refractivity contribution in [3.8, 4) is 0 Å². The second-order valence-electron chi connectivity index (χ2n) is 2.83. The highest BCUT2D eigenvalue weighted by atomic mass is 16.3. The van der Waals surface area contributed by atoms with Crippen LogP contribution < -0.4 is 5.73 Å². The minimum absolute atomic E-state index is 0.199. The van der Waals surface area contributed by atoms with E-state index in [-0.39, 0.29) is 5.92 Å². The van der Waals surface area contributed by atoms with Crippen LogP contribution in [0.4, 0.5) is 0 Å². The van der Waals surface area contributed by atoms with E-state index in [4.69, 9.17) is 5.73 Å². The van der Waals surface area contributed by atoms with Crippen LogP contribution in [0.5, 0.6) is 0 Å². The number of carbonyl (C=O) groups is 1. The van der Waals surface area contributed by atoms with Crippen molar-refractivity contribution < 1.29 is 4.79 Å². The molecule has 1 amide bonds. The SMILES string of the molecule is CC1CC1C(N)C(=O)N=O. The second-order valence-corrected chi connectivity index (χ2v) is 2.83. The van der Waals surface area contributed by atoms with Gasteiger partial charge >= 0.3 is 5.91 Å². The molecule has 4 heteroatoms. The topological polar surface area (TPSA) is 72.5 Å². The highest BCUT2D eigenvalue weighted by Gasteiger charge is 2.41. The minimum atomic E-state index is -0.714. The van der Waals surface area contributed by atoms with Gasteiger partial charge in [0.2, 0.25) is 0 Å². The van der Waals surface area contributed by atoms with Crippen molar-refractivity contribution in [2.75, 3.05) is 0 Å². The van der Waals surface area contributed by atoms with Crippen LogP contribution in [0.1, 0.15) is 13.3 Å². The van der Waals surface area contributed by atoms with Crippen molar-refractivity contribution >= 4 is 5.91 Å². The average Bonchev–Trinajstić information content (AvgIpc) is 2.63. The van der Waals surface area contributed by atoms with E-state index < -0.39 is 11.9 Å². The van der Waals surface area contributed by atoms with Gasteiger partial charge in [0.1, 0.15) is 0 Å². The predicted octanol–water partition coefficient (Wildman–Crippen LogP) is 0.263. The van der Waals surface area contributed by atoms with Crippen LogP contribution in [0.15, 0.2) is 5.18 Å². The number of nitrogens with two attached hydrogens (primary N) is 1. The van der Waals surface area contributed by atoms with E-state index in [9.17, 15) is 9.70 Å². The molecule has 1 fully saturated rings. The number of rotatable bonds is 2. The summed E-state index contributed by atoms with van der Waals surface area (Å²) in [5, 5.41) is 2.27. The molecule has 0 aliphatic heterocycles. The van der Waals surface area contributed by atoms with E-state index in [1.165, 1.54) is 0 Å². The van der Waals surface area contributed by atoms with Crippen molar-refractivity contribution in [3.05, 3.63) is 4.91 Å². The third kappa shape index (κ3) is 1.21. The van der Waals surface area contributed by atoms with Crippen molar-refractivity contribution in [2.45, 2.75) is 19.4 Å². The monoisotopic (exact) mass is 142 g/mol. The first kappa shape index (κ1) is 7.34. The Balaban J connectivity index is 2.42. The van der Waals surface area contributed by atoms with E-state index in [0.717, 1.165) is 6.42 Å². The van der Waals surface area contributed by atoms with Crippen molar-refractivity contribution in [3.63, 3.8) is 0 Å². The summed E-state index contributed by atoms with van der Waals surface area (Å²) in [5.41, 5.74) is 5.38. The summed E-state index contributed by atoms with van der Waals surface area (Å²) in [4.78, 5) is 20.2. The molecule has 1 aliphatic carbocycles. The molecule has 1 aliphatic rings. The van der Waals surface area contributed by atoms with Gasteiger partial charge in [-0.3, -0.25) is 4.79 Å². The lowest BCUT2D eigenvalue weighted by Crippen LogP contribution is -2.31. The Labute approximate surface area is 58.8 Å². The molecule has 2 N–H and O–H groups in total. The zero-order chi connectivity index (χ0) is 7.72. The Morgan fingerprint density at radius 2 is 2.30 bits per heavy atom. The zero-order valence-electron chi connectivity index (χ0n) is 5.78. The minimum Gasteiger partial charge on any atom is -0.319 e. The van der Waals surface area contributed by atoms with Gasteiger partial charge in [0.15, 0.2) is 0 Å². The number of nitrogens with zero attached hydrogens (tertiary/aromatic N) is 1. The van der Waals surface area contributed by atoms with Crippen molar-refractivity contribution in [1.29, 1.82) is 0 Å². The van der Waals surface area contributed by atoms with Gasteiger partial charge in [0, 0.05) is 5.18 Å². The quantitative estimate of drug-likeness (QED) is 0.562. The second kappa shape index (κ2) is 2.46. The molecule has 3 unspecified atom stereocenters. The summed E-state index contributed by atoms with van der Waals surface area (Å²) < 4.78 is 0. The normalized spacial score (nSPS) is 33.0. The smallest absolute Gasteiger partial charge is 0.303 e. The van der Waals surface area contributed by atoms with Gasteiger partial charge < -0.3 is 5.73 Å². The lowest BCUT2D eigenvalue weighted by molar-refractivity contribution is -0.119. The Morgan fingerprint density at radius 3 is 2.60 bits per heavy atom. The van der Waals surface area contributed by atoms with Gasteiger partial charge in [-0.15, -0.1) is 4.91 Å². The van der Waals surface area contributed by atoms with Crippen LogP contribution >= 0.6 is 0 Å². The molecule has 56 valence electrons. The van der Waals surface area contributed by atoms with Crippen LogP contribution in [-0.4, -0.2) is 11.9 Å². The first-order chi connectivity index (χ1) is 4.66. The molecule has 1 rings (SSSR count). The summed E-state index contributed by atoms with van der Waals surface area (Å²) in [6, 6.07) is -0.646. The van der Waals surface area contributed by atoms with E-state index in [2.05, 4.69) is 5.18 Å². The predicted molar refractivity (Wildman–Crippen MR) is 36.0 cm³/mol. The Morgan fingerprint density at radius 1 is 1.80 bits per heavy atom. The fraction of sp³-hybridized carbons (Fsp3) is 0.833. The van der Waals surface area contributed by atoms with E-state index in [1.807, 2.05) is 6.92 Å². The van der Waals surface area contributed by atoms with Gasteiger partial charge in [-0.05, 0) is 18.3 Å². The highest BCUT2D eigenvalue weighted by molar-refractivity contribution is 5.82. The molecule has 10 heavy (non-hydrogen) atoms. The van der Waals surface area contributed by atoms with E-state index in [0.29, 0.717) is 5.92 Å². The number of hydrogen-bond acceptors (Lipinski definition) is 3. The van der Waals surface area contributed by atoms with Crippen LogP contribution in [0, 0.1) is 16.7 Å². The van der Waals surface area contributed by atoms with E-state index in [1.54, 1.807) is 0 Å². The Kier molecular flexibility index (Phi) is 1.80. The molecular weight excluding hydrogens is 132 g/mol. The summed E-state index contributed by atoms with van der Waals surface area (Å²) >= 11 is 0. The number of carbonyl (C=O) groups excluding carboxylic acids is 1. The Hall–Kier alpha value is -0.770. The fourth-order valence-corrected chi connectivity index (χ4v) is 1.10. The highest BCUT2D eigenvalue weighted by Crippen LogP contribution is 2.39. The van der Waals surface area contributed by atoms with Crippen molar-refractivity contribution in [2.24, 2.45) is 22.7 Å². The summed E-state index contributed by atoms with van der Waals surface area (Å²) in [6.45, 7) is 2.00. The molecule has 4 nitrogen and oxygen atoms in total. The standard InChI is InChI=1S/C6H10N2O2/c1-3-2-4(3)5(7)6(9)8-10/h3-5H,2,7H2,1H3. The molecule has 0 spiro atoms. The molecular formula is C6H10N2O2. The molecule has 0 saturated heterocycles. The first-order valence-electron chi connectivity index (χ1n) is 3.29. The lowest BCUT2D eigenvalue weighted by atomic mass is 10.1. The van der Waals surface area contributed by atoms with E-state index >= 15 is 0 Å².